The maximum Gasteiger partial charge on any atom is 0.224 e. The second-order valence-electron chi connectivity index (χ2n) is 11.0. The highest BCUT2D eigenvalue weighted by molar-refractivity contribution is 6.39. The van der Waals surface area contributed by atoms with E-state index in [1.807, 2.05) is 48.5 Å². The number of hydrogen-bond donors (Lipinski definition) is 0. The van der Waals surface area contributed by atoms with E-state index < -0.39 is 0 Å². The molecule has 214 valence electrons. The minimum absolute atomic E-state index is 0.172. The summed E-state index contributed by atoms with van der Waals surface area (Å²) in [5.41, 5.74) is 5.71. The second kappa shape index (κ2) is 11.5. The molecule has 2 aromatic heterocycles. The van der Waals surface area contributed by atoms with Crippen molar-refractivity contribution in [1.82, 2.24) is 14.9 Å². The van der Waals surface area contributed by atoms with Gasteiger partial charge in [0, 0.05) is 65.7 Å². The highest BCUT2D eigenvalue weighted by atomic mass is 35.5. The zero-order chi connectivity index (χ0) is 29.4. The fourth-order valence-electron chi connectivity index (χ4n) is 6.17. The van der Waals surface area contributed by atoms with Gasteiger partial charge < -0.3 is 9.47 Å². The summed E-state index contributed by atoms with van der Waals surface area (Å²) >= 11 is 14.0. The molecule has 0 N–H and O–H groups in total. The Balaban J connectivity index is 1.29. The Morgan fingerprint density at radius 3 is 1.95 bits per heavy atom. The van der Waals surface area contributed by atoms with E-state index in [4.69, 9.17) is 37.7 Å². The van der Waals surface area contributed by atoms with Gasteiger partial charge in [-0.05, 0) is 24.6 Å². The highest BCUT2D eigenvalue weighted by Crippen LogP contribution is 2.45. The molecule has 0 atom stereocenters. The molecular formula is C33H29Cl2N3O4. The summed E-state index contributed by atoms with van der Waals surface area (Å²) in [5.74, 6) is 1.17. The van der Waals surface area contributed by atoms with Crippen LogP contribution in [-0.2, 0) is 11.3 Å². The van der Waals surface area contributed by atoms with E-state index in [0.717, 1.165) is 48.3 Å². The topological polar surface area (TPSA) is 81.6 Å². The van der Waals surface area contributed by atoms with Crippen molar-refractivity contribution in [2.24, 2.45) is 5.41 Å². The van der Waals surface area contributed by atoms with Crippen LogP contribution in [0.15, 0.2) is 60.7 Å². The van der Waals surface area contributed by atoms with E-state index in [2.05, 4.69) is 9.88 Å². The van der Waals surface area contributed by atoms with Crippen LogP contribution in [0.4, 0.5) is 0 Å². The van der Waals surface area contributed by atoms with Gasteiger partial charge in [-0.15, -0.1) is 0 Å². The zero-order valence-corrected chi connectivity index (χ0v) is 24.8. The van der Waals surface area contributed by atoms with Gasteiger partial charge in [0.15, 0.2) is 6.29 Å². The van der Waals surface area contributed by atoms with Gasteiger partial charge in [-0.2, -0.15) is 0 Å². The summed E-state index contributed by atoms with van der Waals surface area (Å²) in [6, 6.07) is 18.8. The Hall–Kier alpha value is -3.78. The largest absolute Gasteiger partial charge is 0.481 e. The molecule has 1 aliphatic carbocycles. The number of hydrogen-bond acceptors (Lipinski definition) is 7. The Labute approximate surface area is 254 Å². The maximum atomic E-state index is 11.8. The Morgan fingerprint density at radius 2 is 1.40 bits per heavy atom. The number of ether oxygens (including phenoxy) is 2. The van der Waals surface area contributed by atoms with Gasteiger partial charge in [-0.3, -0.25) is 14.5 Å². The number of methoxy groups -OCH3 is 2. The predicted octanol–water partition coefficient (Wildman–Crippen LogP) is 7.17. The zero-order valence-electron chi connectivity index (χ0n) is 23.3. The van der Waals surface area contributed by atoms with Crippen LogP contribution in [0, 0.1) is 5.41 Å². The first kappa shape index (κ1) is 28.3. The predicted molar refractivity (Wildman–Crippen MR) is 163 cm³/mol. The number of likely N-dealkylation sites (tertiary alicyclic amines) is 1. The van der Waals surface area contributed by atoms with E-state index >= 15 is 0 Å². The third-order valence-corrected chi connectivity index (χ3v) is 9.01. The first-order chi connectivity index (χ1) is 20.3. The number of aromatic nitrogens is 2. The van der Waals surface area contributed by atoms with Crippen molar-refractivity contribution < 1.29 is 19.1 Å². The number of halogens is 2. The number of rotatable bonds is 8. The van der Waals surface area contributed by atoms with Crippen LogP contribution in [-0.4, -0.2) is 54.2 Å². The molecule has 4 aromatic rings. The lowest BCUT2D eigenvalue weighted by molar-refractivity contribution is -0.119. The normalized spacial score (nSPS) is 16.0. The third kappa shape index (κ3) is 5.17. The number of aldehydes is 1. The van der Waals surface area contributed by atoms with Crippen LogP contribution in [0.5, 0.6) is 11.8 Å². The molecule has 7 nitrogen and oxygen atoms in total. The molecule has 1 aliphatic heterocycles. The average molecular weight is 603 g/mol. The maximum absolute atomic E-state index is 11.8. The van der Waals surface area contributed by atoms with Crippen LogP contribution in [0.2, 0.25) is 10.0 Å². The lowest BCUT2D eigenvalue weighted by atomic mass is 9.78. The Bertz CT molecular complexity index is 1700. The first-order valence-electron chi connectivity index (χ1n) is 13.7. The van der Waals surface area contributed by atoms with E-state index in [9.17, 15) is 9.59 Å². The summed E-state index contributed by atoms with van der Waals surface area (Å²) in [5, 5.41) is 0.985. The molecule has 0 bridgehead atoms. The van der Waals surface area contributed by atoms with Crippen LogP contribution in [0.25, 0.3) is 33.6 Å². The van der Waals surface area contributed by atoms with Crippen molar-refractivity contribution in [2.75, 3.05) is 27.3 Å². The summed E-state index contributed by atoms with van der Waals surface area (Å²) in [4.78, 5) is 34.8. The number of carbonyl (C=O) groups is 2. The highest BCUT2D eigenvalue weighted by Gasteiger charge is 2.47. The van der Waals surface area contributed by atoms with Crippen molar-refractivity contribution in [3.63, 3.8) is 0 Å². The Morgan fingerprint density at radius 1 is 0.833 bits per heavy atom. The Kier molecular flexibility index (Phi) is 7.75. The quantitative estimate of drug-likeness (QED) is 0.198. The summed E-state index contributed by atoms with van der Waals surface area (Å²) in [6.07, 6.45) is 3.11. The molecule has 1 saturated heterocycles. The molecule has 0 unspecified atom stereocenters. The minimum atomic E-state index is 0.172. The third-order valence-electron chi connectivity index (χ3n) is 8.20. The van der Waals surface area contributed by atoms with E-state index in [-0.39, 0.29) is 11.3 Å². The summed E-state index contributed by atoms with van der Waals surface area (Å²) in [6.45, 7) is 2.58. The van der Waals surface area contributed by atoms with Crippen molar-refractivity contribution in [1.29, 1.82) is 0 Å². The molecule has 0 amide bonds. The van der Waals surface area contributed by atoms with Gasteiger partial charge in [0.05, 0.1) is 41.2 Å². The second-order valence-corrected chi connectivity index (χ2v) is 11.7. The monoisotopic (exact) mass is 601 g/mol. The molecular weight excluding hydrogens is 573 g/mol. The number of ketones is 1. The smallest absolute Gasteiger partial charge is 0.224 e. The van der Waals surface area contributed by atoms with Gasteiger partial charge >= 0.3 is 0 Å². The van der Waals surface area contributed by atoms with Crippen LogP contribution in [0.1, 0.15) is 35.2 Å². The molecule has 2 aliphatic rings. The van der Waals surface area contributed by atoms with Gasteiger partial charge in [0.25, 0.3) is 0 Å². The number of Topliss-reactive ketones (excluding diaryl/α,β-unsaturated/α-hetero) is 1. The molecule has 6 rings (SSSR count). The molecule has 0 radical (unpaired) electrons. The molecule has 1 spiro atoms. The van der Waals surface area contributed by atoms with Crippen molar-refractivity contribution in [3.05, 3.63) is 81.8 Å². The molecule has 9 heteroatoms. The van der Waals surface area contributed by atoms with Gasteiger partial charge in [0.2, 0.25) is 11.8 Å². The number of nitrogens with zero attached hydrogens (tertiary/aromatic N) is 3. The van der Waals surface area contributed by atoms with E-state index in [1.54, 1.807) is 19.2 Å². The summed E-state index contributed by atoms with van der Waals surface area (Å²) < 4.78 is 11.0. The number of carbonyl (C=O) groups excluding carboxylic acids is 2. The minimum Gasteiger partial charge on any atom is -0.481 e. The van der Waals surface area contributed by atoms with Crippen LogP contribution in [0.3, 0.4) is 0 Å². The van der Waals surface area contributed by atoms with Crippen LogP contribution < -0.4 is 9.47 Å². The van der Waals surface area contributed by atoms with E-state index in [1.165, 1.54) is 7.11 Å². The van der Waals surface area contributed by atoms with Crippen molar-refractivity contribution in [3.8, 4) is 45.4 Å². The van der Waals surface area contributed by atoms with Crippen molar-refractivity contribution >= 4 is 35.3 Å². The van der Waals surface area contributed by atoms with Gasteiger partial charge in [0.1, 0.15) is 5.78 Å². The van der Waals surface area contributed by atoms with Gasteiger partial charge in [-0.1, -0.05) is 65.7 Å². The average Bonchev–Trinajstić information content (AvgIpc) is 3.39. The molecule has 1 saturated carbocycles. The molecule has 2 fully saturated rings. The fourth-order valence-corrected chi connectivity index (χ4v) is 6.82. The molecule has 42 heavy (non-hydrogen) atoms. The SMILES string of the molecule is COc1nc(-c2cccc(-c3cccc(-c4ccc(CN5CC6(CCC(=O)C6)C5)c(OC)n4)c3Cl)c2Cl)ccc1C=O. The molecule has 3 heterocycles. The standard InChI is InChI=1S/C33H29Cl2N3O4/c1-41-31-20(16-38-18-33(19-38)14-13-22(40)15-33)9-11-27(36-31)25-7-3-5-23(29(25)34)24-6-4-8-26(30(24)35)28-12-10-21(17-39)32(37-28)42-2/h3-12,17H,13-16,18-19H2,1-2H3. The lowest BCUT2D eigenvalue weighted by Gasteiger charge is -2.48. The van der Waals surface area contributed by atoms with Crippen LogP contribution >= 0.6 is 23.2 Å². The number of benzene rings is 2. The summed E-state index contributed by atoms with van der Waals surface area (Å²) in [7, 11) is 3.09. The molecule has 2 aromatic carbocycles. The van der Waals surface area contributed by atoms with E-state index in [0.29, 0.717) is 63.4 Å². The first-order valence-corrected chi connectivity index (χ1v) is 14.5. The number of pyridine rings is 2. The fraction of sp³-hybridized carbons (Fsp3) is 0.273. The lowest BCUT2D eigenvalue weighted by Crippen LogP contribution is -2.54. The van der Waals surface area contributed by atoms with Crippen molar-refractivity contribution in [2.45, 2.75) is 25.8 Å². The van der Waals surface area contributed by atoms with Gasteiger partial charge in [-0.25, -0.2) is 9.97 Å².